The van der Waals surface area contributed by atoms with Crippen LogP contribution in [0.2, 0.25) is 10.0 Å². The van der Waals surface area contributed by atoms with Crippen molar-refractivity contribution in [2.45, 2.75) is 18.9 Å². The zero-order chi connectivity index (χ0) is 25.7. The SMILES string of the molecule is COC(=O)c1ccc(/C=c2\sc3n(c2=O)[C@H](c2ccc(Cl)cc2Cl)C2=C(N=3)c3ccccc3CC2)cc1. The number of rotatable bonds is 3. The predicted octanol–water partition coefficient (Wildman–Crippen LogP) is 5.41. The molecule has 0 amide bonds. The summed E-state index contributed by atoms with van der Waals surface area (Å²) in [5.41, 5.74) is 6.26. The fourth-order valence-corrected chi connectivity index (χ4v) is 6.52. The van der Waals surface area contributed by atoms with Crippen LogP contribution in [0.4, 0.5) is 0 Å². The molecule has 2 heterocycles. The summed E-state index contributed by atoms with van der Waals surface area (Å²) in [5.74, 6) is -0.406. The Morgan fingerprint density at radius 3 is 2.62 bits per heavy atom. The van der Waals surface area contributed by atoms with E-state index in [0.717, 1.165) is 40.8 Å². The van der Waals surface area contributed by atoms with Crippen molar-refractivity contribution in [2.75, 3.05) is 7.11 Å². The number of carbonyl (C=O) groups is 1. The van der Waals surface area contributed by atoms with Crippen LogP contribution in [0.25, 0.3) is 11.8 Å². The minimum atomic E-state index is -0.406. The highest BCUT2D eigenvalue weighted by molar-refractivity contribution is 7.07. The third-order valence-corrected chi connectivity index (χ3v) is 8.30. The second-order valence-electron chi connectivity index (χ2n) is 8.89. The van der Waals surface area contributed by atoms with Crippen molar-refractivity contribution in [3.05, 3.63) is 130 Å². The molecule has 0 N–H and O–H groups in total. The summed E-state index contributed by atoms with van der Waals surface area (Å²) >= 11 is 14.3. The van der Waals surface area contributed by atoms with Crippen LogP contribution in [0.5, 0.6) is 0 Å². The van der Waals surface area contributed by atoms with Crippen molar-refractivity contribution in [1.29, 1.82) is 0 Å². The maximum atomic E-state index is 13.8. The van der Waals surface area contributed by atoms with Gasteiger partial charge in [-0.1, -0.05) is 77.0 Å². The number of methoxy groups -OCH3 is 1. The number of nitrogens with zero attached hydrogens (tertiary/aromatic N) is 2. The Labute approximate surface area is 226 Å². The molecule has 0 spiro atoms. The maximum Gasteiger partial charge on any atom is 0.337 e. The number of thiazole rings is 1. The number of esters is 1. The van der Waals surface area contributed by atoms with Crippen molar-refractivity contribution in [3.63, 3.8) is 0 Å². The summed E-state index contributed by atoms with van der Waals surface area (Å²) in [6.07, 6.45) is 3.46. The first-order valence-electron chi connectivity index (χ1n) is 11.7. The van der Waals surface area contributed by atoms with Gasteiger partial charge in [0.25, 0.3) is 5.56 Å². The number of aryl methyl sites for hydroxylation is 1. The minimum Gasteiger partial charge on any atom is -0.465 e. The normalized spacial score (nSPS) is 16.5. The largest absolute Gasteiger partial charge is 0.465 e. The molecule has 37 heavy (non-hydrogen) atoms. The minimum absolute atomic E-state index is 0.137. The van der Waals surface area contributed by atoms with Crippen LogP contribution >= 0.6 is 34.5 Å². The number of fused-ring (bicyclic) bond motifs is 3. The zero-order valence-electron chi connectivity index (χ0n) is 19.7. The summed E-state index contributed by atoms with van der Waals surface area (Å²) in [6.45, 7) is 0. The molecule has 8 heteroatoms. The van der Waals surface area contributed by atoms with Gasteiger partial charge in [0, 0.05) is 15.6 Å². The third kappa shape index (κ3) is 4.15. The van der Waals surface area contributed by atoms with Gasteiger partial charge >= 0.3 is 5.97 Å². The van der Waals surface area contributed by atoms with Crippen LogP contribution in [0.1, 0.15) is 45.1 Å². The highest BCUT2D eigenvalue weighted by atomic mass is 35.5. The lowest BCUT2D eigenvalue weighted by Crippen LogP contribution is -2.38. The second kappa shape index (κ2) is 9.45. The first kappa shape index (κ1) is 23.9. The van der Waals surface area contributed by atoms with Crippen LogP contribution in [-0.4, -0.2) is 17.6 Å². The van der Waals surface area contributed by atoms with Gasteiger partial charge in [-0.15, -0.1) is 0 Å². The van der Waals surface area contributed by atoms with Crippen molar-refractivity contribution < 1.29 is 9.53 Å². The molecule has 0 radical (unpaired) electrons. The van der Waals surface area contributed by atoms with Gasteiger partial charge < -0.3 is 4.74 Å². The van der Waals surface area contributed by atoms with Crippen LogP contribution in [0.3, 0.4) is 0 Å². The molecular weight excluding hydrogens is 527 g/mol. The average Bonchev–Trinajstić information content (AvgIpc) is 3.22. The van der Waals surface area contributed by atoms with Crippen molar-refractivity contribution in [1.82, 2.24) is 4.57 Å². The molecule has 1 aliphatic heterocycles. The van der Waals surface area contributed by atoms with E-state index in [4.69, 9.17) is 32.9 Å². The van der Waals surface area contributed by atoms with Gasteiger partial charge in [-0.25, -0.2) is 9.79 Å². The highest BCUT2D eigenvalue weighted by Gasteiger charge is 2.33. The van der Waals surface area contributed by atoms with E-state index < -0.39 is 5.97 Å². The van der Waals surface area contributed by atoms with Crippen LogP contribution in [0, 0.1) is 0 Å². The summed E-state index contributed by atoms with van der Waals surface area (Å²) in [5, 5.41) is 1.05. The van der Waals surface area contributed by atoms with Gasteiger partial charge in [0.1, 0.15) is 0 Å². The standard InChI is InChI=1S/C29H20Cl2N2O3S/c1-36-28(35)18-8-6-16(7-9-18)14-24-27(34)33-26(21-13-11-19(30)15-23(21)31)22-12-10-17-4-2-3-5-20(17)25(22)32-29(33)37-24/h2-9,11,13-15,26H,10,12H2,1H3/b24-14-/t26-/m1/s1. The third-order valence-electron chi connectivity index (χ3n) is 6.76. The summed E-state index contributed by atoms with van der Waals surface area (Å²) < 4.78 is 7.07. The predicted molar refractivity (Wildman–Crippen MR) is 147 cm³/mol. The lowest BCUT2D eigenvalue weighted by atomic mass is 9.83. The molecule has 0 saturated carbocycles. The zero-order valence-corrected chi connectivity index (χ0v) is 22.0. The first-order valence-corrected chi connectivity index (χ1v) is 13.3. The molecule has 6 rings (SSSR count). The number of hydrogen-bond donors (Lipinski definition) is 0. The van der Waals surface area contributed by atoms with E-state index in [1.165, 1.54) is 24.0 Å². The van der Waals surface area contributed by atoms with Crippen molar-refractivity contribution >= 4 is 52.3 Å². The molecule has 5 nitrogen and oxygen atoms in total. The van der Waals surface area contributed by atoms with Crippen LogP contribution in [0.15, 0.2) is 82.1 Å². The molecule has 3 aromatic carbocycles. The molecular formula is C29H20Cl2N2O3S. The number of hydrogen-bond acceptors (Lipinski definition) is 5. The van der Waals surface area contributed by atoms with Gasteiger partial charge in [-0.2, -0.15) is 0 Å². The number of carbonyl (C=O) groups excluding carboxylic acids is 1. The topological polar surface area (TPSA) is 60.7 Å². The Kier molecular flexibility index (Phi) is 6.11. The van der Waals surface area contributed by atoms with Gasteiger partial charge in [0.05, 0.1) is 28.9 Å². The first-order chi connectivity index (χ1) is 17.9. The number of benzene rings is 3. The number of aromatic nitrogens is 1. The van der Waals surface area contributed by atoms with E-state index in [0.29, 0.717) is 24.9 Å². The summed E-state index contributed by atoms with van der Waals surface area (Å²) in [4.78, 5) is 31.3. The molecule has 0 unspecified atom stereocenters. The Morgan fingerprint density at radius 2 is 1.86 bits per heavy atom. The Hall–Kier alpha value is -3.45. The smallest absolute Gasteiger partial charge is 0.337 e. The van der Waals surface area contributed by atoms with Gasteiger partial charge in [-0.05, 0) is 65.4 Å². The molecule has 1 aromatic heterocycles. The molecule has 0 bridgehead atoms. The Bertz CT molecular complexity index is 1790. The van der Waals surface area contributed by atoms with E-state index in [-0.39, 0.29) is 11.6 Å². The van der Waals surface area contributed by atoms with Crippen molar-refractivity contribution in [3.8, 4) is 0 Å². The highest BCUT2D eigenvalue weighted by Crippen LogP contribution is 2.43. The quantitative estimate of drug-likeness (QED) is 0.322. The van der Waals surface area contributed by atoms with E-state index in [2.05, 4.69) is 12.1 Å². The lowest BCUT2D eigenvalue weighted by Gasteiger charge is -2.31. The molecule has 4 aromatic rings. The fraction of sp³-hybridized carbons (Fsp3) is 0.138. The summed E-state index contributed by atoms with van der Waals surface area (Å²) in [7, 11) is 1.35. The average molecular weight is 547 g/mol. The number of allylic oxidation sites excluding steroid dienone is 1. The molecule has 0 saturated heterocycles. The van der Waals surface area contributed by atoms with Crippen LogP contribution in [-0.2, 0) is 11.2 Å². The lowest BCUT2D eigenvalue weighted by molar-refractivity contribution is 0.0600. The Balaban J connectivity index is 1.57. The summed E-state index contributed by atoms with van der Waals surface area (Å²) in [6, 6.07) is 20.3. The van der Waals surface area contributed by atoms with Gasteiger partial charge in [0.15, 0.2) is 4.80 Å². The Morgan fingerprint density at radius 1 is 1.08 bits per heavy atom. The van der Waals surface area contributed by atoms with E-state index >= 15 is 0 Å². The molecule has 2 aliphatic rings. The maximum absolute atomic E-state index is 13.8. The molecule has 1 atom stereocenters. The fourth-order valence-electron chi connectivity index (χ4n) is 5.01. The van der Waals surface area contributed by atoms with Crippen molar-refractivity contribution in [2.24, 2.45) is 4.99 Å². The number of halogens is 2. The van der Waals surface area contributed by atoms with E-state index in [1.54, 1.807) is 41.0 Å². The van der Waals surface area contributed by atoms with Gasteiger partial charge in [0.2, 0.25) is 0 Å². The molecule has 0 fully saturated rings. The van der Waals surface area contributed by atoms with Crippen LogP contribution < -0.4 is 14.9 Å². The monoisotopic (exact) mass is 546 g/mol. The van der Waals surface area contributed by atoms with E-state index in [9.17, 15) is 9.59 Å². The second-order valence-corrected chi connectivity index (χ2v) is 10.7. The molecule has 1 aliphatic carbocycles. The number of ether oxygens (including phenoxy) is 1. The molecule has 184 valence electrons. The van der Waals surface area contributed by atoms with Gasteiger partial charge in [-0.3, -0.25) is 9.36 Å². The van der Waals surface area contributed by atoms with E-state index in [1.807, 2.05) is 24.3 Å².